The molecule has 8 heteroatoms. The first-order valence-electron chi connectivity index (χ1n) is 5.78. The van der Waals surface area contributed by atoms with Crippen molar-refractivity contribution in [2.45, 2.75) is 0 Å². The van der Waals surface area contributed by atoms with Crippen LogP contribution in [0.15, 0.2) is 53.1 Å². The third-order valence-corrected chi connectivity index (χ3v) is 2.61. The molecule has 21 heavy (non-hydrogen) atoms. The Labute approximate surface area is 125 Å². The lowest BCUT2D eigenvalue weighted by atomic mass is 10.1. The minimum Gasteiger partial charge on any atom is -0.411 e. The van der Waals surface area contributed by atoms with E-state index < -0.39 is 5.91 Å². The zero-order valence-electron chi connectivity index (χ0n) is 10.6. The number of oxime groups is 1. The highest BCUT2D eigenvalue weighted by Gasteiger charge is 2.07. The van der Waals surface area contributed by atoms with E-state index in [4.69, 9.17) is 16.8 Å². The van der Waals surface area contributed by atoms with Crippen LogP contribution >= 0.6 is 11.6 Å². The average Bonchev–Trinajstić information content (AvgIpc) is 2.52. The molecule has 0 aliphatic heterocycles. The summed E-state index contributed by atoms with van der Waals surface area (Å²) < 4.78 is 0. The Kier molecular flexibility index (Phi) is 4.94. The Hall–Kier alpha value is -2.80. The lowest BCUT2D eigenvalue weighted by Gasteiger charge is -2.03. The van der Waals surface area contributed by atoms with E-state index in [9.17, 15) is 4.79 Å². The number of hydrogen-bond acceptors (Lipinski definition) is 6. The van der Waals surface area contributed by atoms with Crippen LogP contribution in [0.5, 0.6) is 0 Å². The van der Waals surface area contributed by atoms with E-state index in [1.165, 1.54) is 18.6 Å². The van der Waals surface area contributed by atoms with Gasteiger partial charge in [0.15, 0.2) is 0 Å². The van der Waals surface area contributed by atoms with Crippen LogP contribution in [0.1, 0.15) is 16.1 Å². The van der Waals surface area contributed by atoms with E-state index in [1.54, 1.807) is 24.3 Å². The van der Waals surface area contributed by atoms with E-state index in [2.05, 4.69) is 25.7 Å². The maximum atomic E-state index is 11.8. The normalized spacial score (nSPS) is 11.6. The van der Waals surface area contributed by atoms with Crippen LogP contribution in [0.25, 0.3) is 0 Å². The zero-order chi connectivity index (χ0) is 15.1. The molecule has 0 spiro atoms. The standard InChI is InChI=1S/C13H10ClN5O2/c14-10-3-1-2-9(6-10)11(8-17-21)18-19-13(20)12-7-15-4-5-16-12/h1-8,21H,(H,19,20). The van der Waals surface area contributed by atoms with Gasteiger partial charge < -0.3 is 5.21 Å². The summed E-state index contributed by atoms with van der Waals surface area (Å²) >= 11 is 5.88. The number of halogens is 1. The van der Waals surface area contributed by atoms with Crippen LogP contribution in [-0.2, 0) is 0 Å². The van der Waals surface area contributed by atoms with Crippen LogP contribution in [0, 0.1) is 0 Å². The smallest absolute Gasteiger partial charge is 0.291 e. The number of hydrazone groups is 1. The van der Waals surface area contributed by atoms with E-state index in [0.717, 1.165) is 6.21 Å². The number of rotatable bonds is 4. The lowest BCUT2D eigenvalue weighted by Crippen LogP contribution is -2.21. The first kappa shape index (κ1) is 14.6. The number of carbonyl (C=O) groups excluding carboxylic acids is 1. The Morgan fingerprint density at radius 3 is 2.90 bits per heavy atom. The second-order valence-corrected chi connectivity index (χ2v) is 4.22. The fraction of sp³-hybridized carbons (Fsp3) is 0. The molecule has 0 aliphatic carbocycles. The van der Waals surface area contributed by atoms with Gasteiger partial charge in [-0.25, -0.2) is 10.4 Å². The van der Waals surface area contributed by atoms with Gasteiger partial charge in [0.05, 0.1) is 12.4 Å². The maximum absolute atomic E-state index is 11.8. The molecule has 0 fully saturated rings. The molecule has 106 valence electrons. The first-order valence-corrected chi connectivity index (χ1v) is 6.16. The molecule has 0 atom stereocenters. The summed E-state index contributed by atoms with van der Waals surface area (Å²) in [6, 6.07) is 6.73. The number of nitrogens with zero attached hydrogens (tertiary/aromatic N) is 4. The van der Waals surface area contributed by atoms with Gasteiger partial charge in [0.1, 0.15) is 11.4 Å². The van der Waals surface area contributed by atoms with Gasteiger partial charge in [0.2, 0.25) is 0 Å². The van der Waals surface area contributed by atoms with Gasteiger partial charge in [0.25, 0.3) is 5.91 Å². The van der Waals surface area contributed by atoms with Gasteiger partial charge in [-0.3, -0.25) is 9.78 Å². The highest BCUT2D eigenvalue weighted by Crippen LogP contribution is 2.11. The summed E-state index contributed by atoms with van der Waals surface area (Å²) in [7, 11) is 0. The molecule has 0 bridgehead atoms. The molecule has 1 aromatic heterocycles. The van der Waals surface area contributed by atoms with E-state index in [-0.39, 0.29) is 11.4 Å². The largest absolute Gasteiger partial charge is 0.411 e. The van der Waals surface area contributed by atoms with Crippen LogP contribution in [0.2, 0.25) is 5.02 Å². The molecule has 0 unspecified atom stereocenters. The van der Waals surface area contributed by atoms with Crippen molar-refractivity contribution in [1.29, 1.82) is 0 Å². The summed E-state index contributed by atoms with van der Waals surface area (Å²) in [5.74, 6) is -0.533. The molecule has 0 radical (unpaired) electrons. The highest BCUT2D eigenvalue weighted by molar-refractivity contribution is 6.39. The maximum Gasteiger partial charge on any atom is 0.291 e. The molecular formula is C13H10ClN5O2. The van der Waals surface area contributed by atoms with Gasteiger partial charge in [-0.2, -0.15) is 5.10 Å². The van der Waals surface area contributed by atoms with Gasteiger partial charge >= 0.3 is 0 Å². The second-order valence-electron chi connectivity index (χ2n) is 3.78. The molecule has 1 heterocycles. The van der Waals surface area contributed by atoms with Crippen molar-refractivity contribution < 1.29 is 10.0 Å². The second kappa shape index (κ2) is 7.11. The third-order valence-electron chi connectivity index (χ3n) is 2.37. The molecule has 2 aromatic rings. The van der Waals surface area contributed by atoms with Crippen molar-refractivity contribution in [3.05, 3.63) is 59.1 Å². The van der Waals surface area contributed by atoms with E-state index >= 15 is 0 Å². The van der Waals surface area contributed by atoms with Crippen LogP contribution in [0.4, 0.5) is 0 Å². The molecule has 1 aromatic carbocycles. The summed E-state index contributed by atoms with van der Waals surface area (Å²) in [6.45, 7) is 0. The molecule has 0 saturated heterocycles. The molecule has 0 aliphatic rings. The number of carbonyl (C=O) groups is 1. The predicted octanol–water partition coefficient (Wildman–Crippen LogP) is 1.72. The summed E-state index contributed by atoms with van der Waals surface area (Å²) in [5, 5.41) is 16.0. The first-order chi connectivity index (χ1) is 10.2. The lowest BCUT2D eigenvalue weighted by molar-refractivity contribution is 0.0949. The fourth-order valence-electron chi connectivity index (χ4n) is 1.46. The quantitative estimate of drug-likeness (QED) is 0.510. The summed E-state index contributed by atoms with van der Waals surface area (Å²) in [6.07, 6.45) is 5.24. The fourth-order valence-corrected chi connectivity index (χ4v) is 1.65. The van der Waals surface area contributed by atoms with E-state index in [1.807, 2.05) is 0 Å². The van der Waals surface area contributed by atoms with Crippen molar-refractivity contribution in [3.8, 4) is 0 Å². The Bertz CT molecular complexity index is 688. The number of nitrogens with one attached hydrogen (secondary N) is 1. The van der Waals surface area contributed by atoms with E-state index in [0.29, 0.717) is 10.6 Å². The SMILES string of the molecule is O=C(NN=C(C=NO)c1cccc(Cl)c1)c1cnccn1. The highest BCUT2D eigenvalue weighted by atomic mass is 35.5. The van der Waals surface area contributed by atoms with Crippen molar-refractivity contribution in [2.24, 2.45) is 10.3 Å². The van der Waals surface area contributed by atoms with Gasteiger partial charge in [-0.05, 0) is 12.1 Å². The summed E-state index contributed by atoms with van der Waals surface area (Å²) in [4.78, 5) is 19.4. The average molecular weight is 304 g/mol. The van der Waals surface area contributed by atoms with Crippen molar-refractivity contribution >= 4 is 29.4 Å². The topological polar surface area (TPSA) is 99.8 Å². The van der Waals surface area contributed by atoms with Crippen LogP contribution in [-0.4, -0.2) is 33.0 Å². The predicted molar refractivity (Wildman–Crippen MR) is 77.8 cm³/mol. The van der Waals surface area contributed by atoms with Gasteiger partial charge in [0, 0.05) is 23.0 Å². The Balaban J connectivity index is 2.21. The molecule has 1 amide bonds. The van der Waals surface area contributed by atoms with Gasteiger partial charge in [-0.15, -0.1) is 0 Å². The molecular weight excluding hydrogens is 294 g/mol. The molecule has 7 nitrogen and oxygen atoms in total. The van der Waals surface area contributed by atoms with Crippen molar-refractivity contribution in [2.75, 3.05) is 0 Å². The number of benzene rings is 1. The third kappa shape index (κ3) is 4.08. The zero-order valence-corrected chi connectivity index (χ0v) is 11.4. The number of aromatic nitrogens is 2. The van der Waals surface area contributed by atoms with Crippen molar-refractivity contribution in [1.82, 2.24) is 15.4 Å². The monoisotopic (exact) mass is 303 g/mol. The minimum absolute atomic E-state index is 0.118. The molecule has 0 saturated carbocycles. The molecule has 2 N–H and O–H groups in total. The minimum atomic E-state index is -0.533. The van der Waals surface area contributed by atoms with Crippen molar-refractivity contribution in [3.63, 3.8) is 0 Å². The Morgan fingerprint density at radius 2 is 2.24 bits per heavy atom. The Morgan fingerprint density at radius 1 is 1.38 bits per heavy atom. The number of hydrogen-bond donors (Lipinski definition) is 2. The molecule has 2 rings (SSSR count). The van der Waals surface area contributed by atoms with Gasteiger partial charge in [-0.1, -0.05) is 28.9 Å². The van der Waals surface area contributed by atoms with Crippen LogP contribution in [0.3, 0.4) is 0 Å². The van der Waals surface area contributed by atoms with Crippen LogP contribution < -0.4 is 5.43 Å². The summed E-state index contributed by atoms with van der Waals surface area (Å²) in [5.41, 5.74) is 3.24. The number of amides is 1.